The number of benzene rings is 2. The maximum atomic E-state index is 12.2. The van der Waals surface area contributed by atoms with Crippen LogP contribution in [0.25, 0.3) is 11.1 Å². The van der Waals surface area contributed by atoms with E-state index in [2.05, 4.69) is 4.74 Å². The fourth-order valence-corrected chi connectivity index (χ4v) is 1.77. The number of carbonyl (C=O) groups is 1. The highest BCUT2D eigenvalue weighted by Crippen LogP contribution is 2.28. The average molecular weight is 280 g/mol. The van der Waals surface area contributed by atoms with Crippen LogP contribution in [0.3, 0.4) is 0 Å². The molecule has 0 radical (unpaired) electrons. The number of hydrogen-bond donors (Lipinski definition) is 0. The van der Waals surface area contributed by atoms with Crippen molar-refractivity contribution >= 4 is 5.78 Å². The van der Waals surface area contributed by atoms with Crippen LogP contribution in [0.1, 0.15) is 17.3 Å². The third kappa shape index (κ3) is 3.60. The van der Waals surface area contributed by atoms with Gasteiger partial charge in [-0.25, -0.2) is 0 Å². The molecule has 0 unspecified atom stereocenters. The second-order valence-corrected chi connectivity index (χ2v) is 4.21. The Hall–Kier alpha value is -2.30. The van der Waals surface area contributed by atoms with Crippen LogP contribution < -0.4 is 4.74 Å². The molecule has 0 amide bonds. The highest BCUT2D eigenvalue weighted by Gasteiger charge is 2.31. The van der Waals surface area contributed by atoms with E-state index in [1.54, 1.807) is 30.3 Å². The molecule has 0 aromatic heterocycles. The van der Waals surface area contributed by atoms with Gasteiger partial charge < -0.3 is 4.74 Å². The van der Waals surface area contributed by atoms with Crippen LogP contribution in [0.4, 0.5) is 13.2 Å². The van der Waals surface area contributed by atoms with Crippen molar-refractivity contribution in [3.8, 4) is 16.9 Å². The summed E-state index contributed by atoms with van der Waals surface area (Å²) in [4.78, 5) is 11.2. The van der Waals surface area contributed by atoms with Crippen molar-refractivity contribution in [3.05, 3.63) is 54.1 Å². The van der Waals surface area contributed by atoms with Gasteiger partial charge in [0, 0.05) is 5.56 Å². The van der Waals surface area contributed by atoms with Crippen LogP contribution in [0.2, 0.25) is 0 Å². The number of ether oxygens (including phenoxy) is 1. The van der Waals surface area contributed by atoms with Gasteiger partial charge >= 0.3 is 6.36 Å². The molecule has 2 aromatic rings. The molecule has 0 bridgehead atoms. The minimum atomic E-state index is -4.71. The van der Waals surface area contributed by atoms with Gasteiger partial charge in [-0.15, -0.1) is 13.2 Å². The van der Waals surface area contributed by atoms with Crippen LogP contribution in [0.15, 0.2) is 48.5 Å². The van der Waals surface area contributed by atoms with Crippen molar-refractivity contribution in [2.75, 3.05) is 0 Å². The highest BCUT2D eigenvalue weighted by atomic mass is 19.4. The molecule has 0 heterocycles. The van der Waals surface area contributed by atoms with Crippen LogP contribution in [-0.4, -0.2) is 12.1 Å². The van der Waals surface area contributed by atoms with Crippen molar-refractivity contribution < 1.29 is 22.7 Å². The van der Waals surface area contributed by atoms with E-state index in [-0.39, 0.29) is 11.5 Å². The summed E-state index contributed by atoms with van der Waals surface area (Å²) < 4.78 is 40.3. The first-order valence-corrected chi connectivity index (χ1v) is 5.82. The van der Waals surface area contributed by atoms with Crippen LogP contribution in [0, 0.1) is 0 Å². The van der Waals surface area contributed by atoms with Crippen molar-refractivity contribution in [1.82, 2.24) is 0 Å². The number of alkyl halides is 3. The van der Waals surface area contributed by atoms with E-state index in [0.29, 0.717) is 16.7 Å². The zero-order chi connectivity index (χ0) is 14.8. The molecule has 2 aromatic carbocycles. The quantitative estimate of drug-likeness (QED) is 0.776. The lowest BCUT2D eigenvalue weighted by Crippen LogP contribution is -2.17. The first-order valence-electron chi connectivity index (χ1n) is 5.82. The standard InChI is InChI=1S/C15H11F3O2/c1-10(19)11-5-7-12(8-6-11)13-3-2-4-14(9-13)20-15(16,17)18/h2-9H,1H3. The minimum absolute atomic E-state index is 0.0642. The predicted molar refractivity (Wildman–Crippen MR) is 68.6 cm³/mol. The smallest absolute Gasteiger partial charge is 0.406 e. The van der Waals surface area contributed by atoms with E-state index in [1.807, 2.05) is 0 Å². The van der Waals surface area contributed by atoms with Crippen molar-refractivity contribution in [1.29, 1.82) is 0 Å². The number of carbonyl (C=O) groups excluding carboxylic acids is 1. The largest absolute Gasteiger partial charge is 0.573 e. The molecule has 2 nitrogen and oxygen atoms in total. The summed E-state index contributed by atoms with van der Waals surface area (Å²) in [7, 11) is 0. The number of halogens is 3. The lowest BCUT2D eigenvalue weighted by Gasteiger charge is -2.10. The summed E-state index contributed by atoms with van der Waals surface area (Å²) in [6.07, 6.45) is -4.71. The van der Waals surface area contributed by atoms with E-state index >= 15 is 0 Å². The Bertz CT molecular complexity index is 616. The van der Waals surface area contributed by atoms with Gasteiger partial charge in [-0.2, -0.15) is 0 Å². The zero-order valence-corrected chi connectivity index (χ0v) is 10.6. The third-order valence-corrected chi connectivity index (χ3v) is 2.69. The van der Waals surface area contributed by atoms with Crippen molar-refractivity contribution in [2.24, 2.45) is 0 Å². The van der Waals surface area contributed by atoms with Crippen molar-refractivity contribution in [2.45, 2.75) is 13.3 Å². The van der Waals surface area contributed by atoms with Crippen LogP contribution in [0.5, 0.6) is 5.75 Å². The minimum Gasteiger partial charge on any atom is -0.406 e. The molecule has 0 spiro atoms. The van der Waals surface area contributed by atoms with Gasteiger partial charge in [0.2, 0.25) is 0 Å². The van der Waals surface area contributed by atoms with E-state index in [0.717, 1.165) is 0 Å². The third-order valence-electron chi connectivity index (χ3n) is 2.69. The van der Waals surface area contributed by atoms with Gasteiger partial charge in [-0.05, 0) is 30.2 Å². The van der Waals surface area contributed by atoms with Gasteiger partial charge in [-0.3, -0.25) is 4.79 Å². The summed E-state index contributed by atoms with van der Waals surface area (Å²) in [5.74, 6) is -0.337. The number of hydrogen-bond acceptors (Lipinski definition) is 2. The predicted octanol–water partition coefficient (Wildman–Crippen LogP) is 4.45. The second kappa shape index (κ2) is 5.36. The van der Waals surface area contributed by atoms with Gasteiger partial charge in [0.25, 0.3) is 0 Å². The van der Waals surface area contributed by atoms with Crippen molar-refractivity contribution in [3.63, 3.8) is 0 Å². The number of rotatable bonds is 3. The summed E-state index contributed by atoms with van der Waals surface area (Å²) in [5.41, 5.74) is 1.85. The van der Waals surface area contributed by atoms with E-state index < -0.39 is 6.36 Å². The Kier molecular flexibility index (Phi) is 3.79. The zero-order valence-electron chi connectivity index (χ0n) is 10.6. The van der Waals surface area contributed by atoms with Gasteiger partial charge in [0.15, 0.2) is 5.78 Å². The number of ketones is 1. The van der Waals surface area contributed by atoms with Gasteiger partial charge in [0.05, 0.1) is 0 Å². The molecule has 20 heavy (non-hydrogen) atoms. The Labute approximate surface area is 113 Å². The normalized spacial score (nSPS) is 11.2. The molecule has 104 valence electrons. The Morgan fingerprint density at radius 3 is 2.20 bits per heavy atom. The van der Waals surface area contributed by atoms with E-state index in [1.165, 1.54) is 25.1 Å². The highest BCUT2D eigenvalue weighted by molar-refractivity contribution is 5.94. The van der Waals surface area contributed by atoms with Crippen LogP contribution in [-0.2, 0) is 0 Å². The van der Waals surface area contributed by atoms with E-state index in [9.17, 15) is 18.0 Å². The Morgan fingerprint density at radius 1 is 1.00 bits per heavy atom. The van der Waals surface area contributed by atoms with Crippen LogP contribution >= 0.6 is 0 Å². The maximum Gasteiger partial charge on any atom is 0.573 e. The molecule has 0 aliphatic carbocycles. The maximum absolute atomic E-state index is 12.2. The second-order valence-electron chi connectivity index (χ2n) is 4.21. The molecule has 0 N–H and O–H groups in total. The Morgan fingerprint density at radius 2 is 1.65 bits per heavy atom. The van der Waals surface area contributed by atoms with E-state index in [4.69, 9.17) is 0 Å². The lowest BCUT2D eigenvalue weighted by atomic mass is 10.0. The molecule has 2 rings (SSSR count). The molecule has 0 fully saturated rings. The monoisotopic (exact) mass is 280 g/mol. The molecule has 5 heteroatoms. The Balaban J connectivity index is 2.28. The summed E-state index contributed by atoms with van der Waals surface area (Å²) in [6, 6.07) is 12.3. The SMILES string of the molecule is CC(=O)c1ccc(-c2cccc(OC(F)(F)F)c2)cc1. The fraction of sp³-hybridized carbons (Fsp3) is 0.133. The van der Waals surface area contributed by atoms with Gasteiger partial charge in [0.1, 0.15) is 5.75 Å². The first-order chi connectivity index (χ1) is 9.35. The summed E-state index contributed by atoms with van der Waals surface area (Å²) in [6.45, 7) is 1.45. The summed E-state index contributed by atoms with van der Waals surface area (Å²) >= 11 is 0. The van der Waals surface area contributed by atoms with Gasteiger partial charge in [-0.1, -0.05) is 36.4 Å². The summed E-state index contributed by atoms with van der Waals surface area (Å²) in [5, 5.41) is 0. The molecule has 0 saturated carbocycles. The molecule has 0 aliphatic heterocycles. The molecule has 0 atom stereocenters. The molecule has 0 aliphatic rings. The molecule has 0 saturated heterocycles. The number of Topliss-reactive ketones (excluding diaryl/α,β-unsaturated/α-hetero) is 1. The topological polar surface area (TPSA) is 26.3 Å². The average Bonchev–Trinajstić information content (AvgIpc) is 2.37. The first kappa shape index (κ1) is 14.1. The fourth-order valence-electron chi connectivity index (χ4n) is 1.77. The molecular formula is C15H11F3O2. The lowest BCUT2D eigenvalue weighted by molar-refractivity contribution is -0.274. The molecular weight excluding hydrogens is 269 g/mol.